The van der Waals surface area contributed by atoms with Gasteiger partial charge in [-0.25, -0.2) is 4.98 Å². The van der Waals surface area contributed by atoms with E-state index in [9.17, 15) is 10.1 Å². The molecule has 2 rings (SSSR count). The van der Waals surface area contributed by atoms with Gasteiger partial charge in [0.15, 0.2) is 0 Å². The third-order valence-corrected chi connectivity index (χ3v) is 3.90. The predicted octanol–water partition coefficient (Wildman–Crippen LogP) is 3.98. The maximum atomic E-state index is 11.1. The van der Waals surface area contributed by atoms with E-state index in [4.69, 9.17) is 11.6 Å². The van der Waals surface area contributed by atoms with Crippen LogP contribution in [0.25, 0.3) is 0 Å². The minimum atomic E-state index is -0.545. The van der Waals surface area contributed by atoms with Crippen molar-refractivity contribution in [2.45, 2.75) is 6.92 Å². The van der Waals surface area contributed by atoms with E-state index in [0.717, 1.165) is 6.20 Å². The number of nitro groups is 1. The fraction of sp³-hybridized carbons (Fsp3) is 0.167. The number of hydrogen-bond acceptors (Lipinski definition) is 6. The van der Waals surface area contributed by atoms with Crippen molar-refractivity contribution in [3.8, 4) is 0 Å². The van der Waals surface area contributed by atoms with Crippen molar-refractivity contribution in [3.05, 3.63) is 44.0 Å². The Balaban J connectivity index is 2.43. The van der Waals surface area contributed by atoms with E-state index in [1.54, 1.807) is 18.2 Å². The molecule has 0 aliphatic heterocycles. The molecule has 0 spiro atoms. The monoisotopic (exact) mass is 371 g/mol. The minimum Gasteiger partial charge on any atom is -0.354 e. The van der Waals surface area contributed by atoms with Gasteiger partial charge >= 0.3 is 5.69 Å². The van der Waals surface area contributed by atoms with Gasteiger partial charge in [-0.1, -0.05) is 17.7 Å². The number of benzene rings is 1. The highest BCUT2D eigenvalue weighted by atomic mass is 79.9. The van der Waals surface area contributed by atoms with Crippen LogP contribution in [0.1, 0.15) is 6.92 Å². The van der Waals surface area contributed by atoms with Crippen LogP contribution >= 0.6 is 27.5 Å². The van der Waals surface area contributed by atoms with E-state index in [2.05, 4.69) is 36.5 Å². The molecule has 1 aromatic heterocycles. The van der Waals surface area contributed by atoms with Crippen LogP contribution in [0.2, 0.25) is 5.02 Å². The van der Waals surface area contributed by atoms with E-state index in [1.807, 2.05) is 6.92 Å². The number of hydrogen-bond donors (Lipinski definition) is 2. The summed E-state index contributed by atoms with van der Waals surface area (Å²) in [6.45, 7) is 2.49. The topological polar surface area (TPSA) is 93.0 Å². The van der Waals surface area contributed by atoms with Crippen molar-refractivity contribution in [2.24, 2.45) is 0 Å². The zero-order valence-electron chi connectivity index (χ0n) is 10.9. The maximum absolute atomic E-state index is 11.1. The molecular formula is C12H11BrClN5O2. The van der Waals surface area contributed by atoms with Gasteiger partial charge < -0.3 is 10.6 Å². The van der Waals surface area contributed by atoms with Gasteiger partial charge in [0.2, 0.25) is 11.8 Å². The molecule has 0 saturated carbocycles. The molecule has 7 nitrogen and oxygen atoms in total. The van der Waals surface area contributed by atoms with E-state index in [1.165, 1.54) is 0 Å². The molecule has 1 aromatic carbocycles. The second kappa shape index (κ2) is 6.68. The van der Waals surface area contributed by atoms with Crippen LogP contribution in [-0.2, 0) is 0 Å². The first-order valence-electron chi connectivity index (χ1n) is 5.99. The molecule has 2 N–H and O–H groups in total. The Morgan fingerprint density at radius 2 is 2.24 bits per heavy atom. The van der Waals surface area contributed by atoms with Crippen molar-refractivity contribution in [2.75, 3.05) is 17.2 Å². The van der Waals surface area contributed by atoms with E-state index < -0.39 is 4.92 Å². The van der Waals surface area contributed by atoms with Crippen LogP contribution in [-0.4, -0.2) is 21.4 Å². The van der Waals surface area contributed by atoms with Crippen molar-refractivity contribution in [3.63, 3.8) is 0 Å². The molecule has 2 aromatic rings. The highest BCUT2D eigenvalue weighted by molar-refractivity contribution is 9.10. The Morgan fingerprint density at radius 3 is 2.90 bits per heavy atom. The van der Waals surface area contributed by atoms with Crippen molar-refractivity contribution < 1.29 is 4.92 Å². The third-order valence-electron chi connectivity index (χ3n) is 2.51. The summed E-state index contributed by atoms with van der Waals surface area (Å²) in [4.78, 5) is 18.5. The van der Waals surface area contributed by atoms with Crippen LogP contribution in [0.15, 0.2) is 28.9 Å². The molecule has 0 unspecified atom stereocenters. The first kappa shape index (κ1) is 15.5. The molecule has 9 heteroatoms. The largest absolute Gasteiger partial charge is 0.354 e. The molecule has 0 bridgehead atoms. The number of anilines is 3. The highest BCUT2D eigenvalue weighted by Crippen LogP contribution is 2.34. The lowest BCUT2D eigenvalue weighted by Gasteiger charge is -2.10. The van der Waals surface area contributed by atoms with Crippen LogP contribution in [0, 0.1) is 10.1 Å². The fourth-order valence-electron chi connectivity index (χ4n) is 1.57. The first-order valence-corrected chi connectivity index (χ1v) is 7.16. The number of halogens is 2. The SMILES string of the molecule is CCNc1ncc([N+](=O)[O-])c(Nc2cccc(Cl)c2Br)n1. The molecule has 0 atom stereocenters. The summed E-state index contributed by atoms with van der Waals surface area (Å²) in [5, 5.41) is 17.4. The maximum Gasteiger partial charge on any atom is 0.329 e. The zero-order valence-corrected chi connectivity index (χ0v) is 13.3. The minimum absolute atomic E-state index is 0.0916. The highest BCUT2D eigenvalue weighted by Gasteiger charge is 2.18. The van der Waals surface area contributed by atoms with E-state index >= 15 is 0 Å². The smallest absolute Gasteiger partial charge is 0.329 e. The Hall–Kier alpha value is -1.93. The average Bonchev–Trinajstić information content (AvgIpc) is 2.44. The predicted molar refractivity (Wildman–Crippen MR) is 85.3 cm³/mol. The Bertz CT molecular complexity index is 683. The number of rotatable bonds is 5. The summed E-state index contributed by atoms with van der Waals surface area (Å²) in [6, 6.07) is 5.16. The Labute approximate surface area is 134 Å². The number of nitrogens with one attached hydrogen (secondary N) is 2. The third kappa shape index (κ3) is 3.59. The van der Waals surface area contributed by atoms with Crippen molar-refractivity contribution in [1.29, 1.82) is 0 Å². The normalized spacial score (nSPS) is 10.2. The van der Waals surface area contributed by atoms with Crippen LogP contribution in [0.4, 0.5) is 23.1 Å². The van der Waals surface area contributed by atoms with Gasteiger partial charge in [0.05, 0.1) is 20.1 Å². The van der Waals surface area contributed by atoms with E-state index in [0.29, 0.717) is 27.7 Å². The molecule has 0 aliphatic carbocycles. The molecule has 0 radical (unpaired) electrons. The van der Waals surface area contributed by atoms with Gasteiger partial charge in [-0.05, 0) is 35.0 Å². The van der Waals surface area contributed by atoms with Gasteiger partial charge in [-0.2, -0.15) is 4.98 Å². The van der Waals surface area contributed by atoms with Crippen molar-refractivity contribution >= 4 is 50.7 Å². The molecular weight excluding hydrogens is 362 g/mol. The molecule has 0 saturated heterocycles. The second-order valence-electron chi connectivity index (χ2n) is 3.94. The van der Waals surface area contributed by atoms with Crippen LogP contribution < -0.4 is 10.6 Å². The summed E-state index contributed by atoms with van der Waals surface area (Å²) in [5.41, 5.74) is 0.357. The zero-order chi connectivity index (χ0) is 15.4. The standard InChI is InChI=1S/C12H11BrClN5O2/c1-2-15-12-16-6-9(19(20)21)11(18-12)17-8-5-3-4-7(14)10(8)13/h3-6H,2H2,1H3,(H2,15,16,17,18). The van der Waals surface area contributed by atoms with Crippen molar-refractivity contribution in [1.82, 2.24) is 9.97 Å². The lowest BCUT2D eigenvalue weighted by Crippen LogP contribution is -2.06. The summed E-state index contributed by atoms with van der Waals surface area (Å²) < 4.78 is 0.601. The van der Waals surface area contributed by atoms with Gasteiger partial charge in [-0.3, -0.25) is 10.1 Å². The van der Waals surface area contributed by atoms with Crippen LogP contribution in [0.3, 0.4) is 0 Å². The van der Waals surface area contributed by atoms with Crippen LogP contribution in [0.5, 0.6) is 0 Å². The molecule has 0 aliphatic rings. The number of nitrogens with zero attached hydrogens (tertiary/aromatic N) is 3. The van der Waals surface area contributed by atoms with E-state index in [-0.39, 0.29) is 11.5 Å². The molecule has 1 heterocycles. The molecule has 0 fully saturated rings. The summed E-state index contributed by atoms with van der Waals surface area (Å²) in [7, 11) is 0. The fourth-order valence-corrected chi connectivity index (χ4v) is 2.11. The quantitative estimate of drug-likeness (QED) is 0.609. The van der Waals surface area contributed by atoms with Gasteiger partial charge in [0.25, 0.3) is 0 Å². The molecule has 110 valence electrons. The van der Waals surface area contributed by atoms with Gasteiger partial charge in [0.1, 0.15) is 6.20 Å². The number of aromatic nitrogens is 2. The second-order valence-corrected chi connectivity index (χ2v) is 5.14. The molecule has 21 heavy (non-hydrogen) atoms. The summed E-state index contributed by atoms with van der Waals surface area (Å²) in [6.07, 6.45) is 1.16. The summed E-state index contributed by atoms with van der Waals surface area (Å²) in [5.74, 6) is 0.401. The Morgan fingerprint density at radius 1 is 1.48 bits per heavy atom. The van der Waals surface area contributed by atoms with Gasteiger partial charge in [-0.15, -0.1) is 0 Å². The summed E-state index contributed by atoms with van der Waals surface area (Å²) >= 11 is 9.32. The lowest BCUT2D eigenvalue weighted by molar-refractivity contribution is -0.384. The first-order chi connectivity index (χ1) is 10.0. The van der Waals surface area contributed by atoms with Gasteiger partial charge in [0, 0.05) is 6.54 Å². The molecule has 0 amide bonds. The Kier molecular flexibility index (Phi) is 4.92. The average molecular weight is 373 g/mol. The lowest BCUT2D eigenvalue weighted by atomic mass is 10.3.